The third-order valence-electron chi connectivity index (χ3n) is 2.32. The molecule has 0 aliphatic carbocycles. The number of methoxy groups -OCH3 is 1. The molecule has 0 spiro atoms. The third kappa shape index (κ3) is 2.26. The molecule has 1 aliphatic rings. The number of carbonyl (C=O) groups is 2. The van der Waals surface area contributed by atoms with E-state index >= 15 is 0 Å². The van der Waals surface area contributed by atoms with E-state index in [0.29, 0.717) is 11.4 Å². The van der Waals surface area contributed by atoms with Gasteiger partial charge in [-0.15, -0.1) is 0 Å². The lowest BCUT2D eigenvalue weighted by molar-refractivity contribution is -0.127. The molecule has 1 aromatic rings. The Bertz CT molecular complexity index is 481. The van der Waals surface area contributed by atoms with E-state index in [2.05, 4.69) is 5.32 Å². The molecule has 2 amide bonds. The molecule has 0 saturated carbocycles. The van der Waals surface area contributed by atoms with Gasteiger partial charge in [0.2, 0.25) is 11.8 Å². The maximum Gasteiger partial charge on any atom is 0.242 e. The lowest BCUT2D eigenvalue weighted by Crippen LogP contribution is -2.52. The molecule has 1 fully saturated rings. The van der Waals surface area contributed by atoms with Gasteiger partial charge in [-0.3, -0.25) is 14.5 Å². The van der Waals surface area contributed by atoms with Gasteiger partial charge in [0.15, 0.2) is 5.11 Å². The predicted molar refractivity (Wildman–Crippen MR) is 65.8 cm³/mol. The van der Waals surface area contributed by atoms with Crippen LogP contribution in [0, 0.1) is 0 Å². The summed E-state index contributed by atoms with van der Waals surface area (Å²) in [6.07, 6.45) is -0.197. The first-order valence-corrected chi connectivity index (χ1v) is 5.33. The van der Waals surface area contributed by atoms with Gasteiger partial charge < -0.3 is 10.1 Å². The van der Waals surface area contributed by atoms with Crippen molar-refractivity contribution in [3.05, 3.63) is 24.3 Å². The molecule has 0 radical (unpaired) electrons. The summed E-state index contributed by atoms with van der Waals surface area (Å²) in [5, 5.41) is 2.55. The van der Waals surface area contributed by atoms with E-state index in [1.165, 1.54) is 12.0 Å². The Hall–Kier alpha value is -1.95. The number of ether oxygens (including phenoxy) is 1. The highest BCUT2D eigenvalue weighted by atomic mass is 32.1. The maximum atomic E-state index is 11.8. The van der Waals surface area contributed by atoms with Crippen molar-refractivity contribution < 1.29 is 14.3 Å². The van der Waals surface area contributed by atoms with Gasteiger partial charge in [-0.2, -0.15) is 0 Å². The summed E-state index contributed by atoms with van der Waals surface area (Å²) in [6, 6.07) is 6.92. The van der Waals surface area contributed by atoms with Crippen LogP contribution in [-0.2, 0) is 9.59 Å². The van der Waals surface area contributed by atoms with Gasteiger partial charge in [-0.25, -0.2) is 0 Å². The Kier molecular flexibility index (Phi) is 3.06. The van der Waals surface area contributed by atoms with Gasteiger partial charge in [0.1, 0.15) is 12.2 Å². The lowest BCUT2D eigenvalue weighted by atomic mass is 10.2. The van der Waals surface area contributed by atoms with Crippen LogP contribution in [0.15, 0.2) is 24.3 Å². The largest absolute Gasteiger partial charge is 0.497 e. The van der Waals surface area contributed by atoms with E-state index in [0.717, 1.165) is 0 Å². The van der Waals surface area contributed by atoms with Crippen LogP contribution in [0.4, 0.5) is 5.69 Å². The van der Waals surface area contributed by atoms with Crippen LogP contribution in [0.5, 0.6) is 5.75 Å². The molecule has 0 aromatic heterocycles. The summed E-state index contributed by atoms with van der Waals surface area (Å²) in [5.41, 5.74) is 0.583. The molecule has 2 rings (SSSR count). The summed E-state index contributed by atoms with van der Waals surface area (Å²) >= 11 is 4.98. The van der Waals surface area contributed by atoms with E-state index in [9.17, 15) is 9.59 Å². The summed E-state index contributed by atoms with van der Waals surface area (Å²) < 4.78 is 5.07. The van der Waals surface area contributed by atoms with Crippen LogP contribution < -0.4 is 15.0 Å². The summed E-state index contributed by atoms with van der Waals surface area (Å²) in [7, 11) is 1.54. The molecule has 1 aliphatic heterocycles. The number of anilines is 1. The number of benzene rings is 1. The average Bonchev–Trinajstić information content (AvgIpc) is 2.28. The first-order valence-electron chi connectivity index (χ1n) is 4.92. The van der Waals surface area contributed by atoms with Crippen molar-refractivity contribution in [1.29, 1.82) is 0 Å². The van der Waals surface area contributed by atoms with Crippen molar-refractivity contribution in [2.45, 2.75) is 6.42 Å². The van der Waals surface area contributed by atoms with Crippen LogP contribution in [0.25, 0.3) is 0 Å². The number of rotatable bonds is 2. The van der Waals surface area contributed by atoms with Crippen molar-refractivity contribution in [2.75, 3.05) is 12.0 Å². The fourth-order valence-electron chi connectivity index (χ4n) is 1.56. The molecule has 1 aromatic carbocycles. The molecule has 88 valence electrons. The normalized spacial score (nSPS) is 15.8. The summed E-state index contributed by atoms with van der Waals surface area (Å²) in [5.74, 6) is -0.0962. The SMILES string of the molecule is COc1cccc(N2C(=O)CC(=O)NC2=S)c1. The monoisotopic (exact) mass is 250 g/mol. The van der Waals surface area contributed by atoms with Crippen molar-refractivity contribution in [1.82, 2.24) is 5.32 Å². The number of carbonyl (C=O) groups excluding carboxylic acids is 2. The fourth-order valence-corrected chi connectivity index (χ4v) is 1.88. The number of nitrogens with zero attached hydrogens (tertiary/aromatic N) is 1. The second-order valence-corrected chi connectivity index (χ2v) is 3.85. The van der Waals surface area contributed by atoms with Gasteiger partial charge in [0.25, 0.3) is 0 Å². The molecule has 6 heteroatoms. The number of amides is 2. The Labute approximate surface area is 103 Å². The van der Waals surface area contributed by atoms with Gasteiger partial charge in [0, 0.05) is 6.07 Å². The van der Waals surface area contributed by atoms with E-state index in [4.69, 9.17) is 17.0 Å². The molecule has 0 atom stereocenters. The smallest absolute Gasteiger partial charge is 0.242 e. The highest BCUT2D eigenvalue weighted by Crippen LogP contribution is 2.23. The summed E-state index contributed by atoms with van der Waals surface area (Å²) in [4.78, 5) is 24.2. The molecule has 17 heavy (non-hydrogen) atoms. The number of nitrogens with one attached hydrogen (secondary N) is 1. The van der Waals surface area contributed by atoms with Gasteiger partial charge in [0.05, 0.1) is 12.8 Å². The molecule has 5 nitrogen and oxygen atoms in total. The standard InChI is InChI=1S/C11H10N2O3S/c1-16-8-4-2-3-7(5-8)13-10(15)6-9(14)12-11(13)17/h2-5H,6H2,1H3,(H,12,14,17). The van der Waals surface area contributed by atoms with E-state index in [1.54, 1.807) is 24.3 Å². The van der Waals surface area contributed by atoms with Crippen molar-refractivity contribution in [2.24, 2.45) is 0 Å². The maximum absolute atomic E-state index is 11.8. The van der Waals surface area contributed by atoms with Crippen LogP contribution in [0.1, 0.15) is 6.42 Å². The Morgan fingerprint density at radius 3 is 2.82 bits per heavy atom. The third-order valence-corrected chi connectivity index (χ3v) is 2.61. The van der Waals surface area contributed by atoms with Gasteiger partial charge in [-0.05, 0) is 24.4 Å². The first kappa shape index (κ1) is 11.5. The minimum Gasteiger partial charge on any atom is -0.497 e. The van der Waals surface area contributed by atoms with E-state index in [-0.39, 0.29) is 23.3 Å². The van der Waals surface area contributed by atoms with E-state index < -0.39 is 0 Å². The molecule has 1 saturated heterocycles. The molecule has 1 N–H and O–H groups in total. The first-order chi connectivity index (χ1) is 8.11. The highest BCUT2D eigenvalue weighted by molar-refractivity contribution is 7.80. The van der Waals surface area contributed by atoms with Crippen molar-refractivity contribution in [3.8, 4) is 5.75 Å². The predicted octanol–water partition coefficient (Wildman–Crippen LogP) is 0.833. The van der Waals surface area contributed by atoms with Crippen molar-refractivity contribution in [3.63, 3.8) is 0 Å². The van der Waals surface area contributed by atoms with Crippen LogP contribution in [0.2, 0.25) is 0 Å². The molecule has 0 bridgehead atoms. The van der Waals surface area contributed by atoms with Crippen LogP contribution >= 0.6 is 12.2 Å². The Morgan fingerprint density at radius 1 is 1.41 bits per heavy atom. The minimum atomic E-state index is -0.376. The van der Waals surface area contributed by atoms with Crippen molar-refractivity contribution >= 4 is 34.8 Å². The Morgan fingerprint density at radius 2 is 2.18 bits per heavy atom. The second kappa shape index (κ2) is 4.50. The molecular formula is C11H10N2O3S. The Balaban J connectivity index is 2.34. The zero-order valence-corrected chi connectivity index (χ0v) is 9.91. The highest BCUT2D eigenvalue weighted by Gasteiger charge is 2.29. The minimum absolute atomic E-state index is 0.0968. The zero-order valence-electron chi connectivity index (χ0n) is 9.10. The van der Waals surface area contributed by atoms with E-state index in [1.807, 2.05) is 0 Å². The molecular weight excluding hydrogens is 240 g/mol. The molecule has 1 heterocycles. The van der Waals surface area contributed by atoms with Crippen LogP contribution in [0.3, 0.4) is 0 Å². The number of hydrogen-bond donors (Lipinski definition) is 1. The second-order valence-electron chi connectivity index (χ2n) is 3.46. The van der Waals surface area contributed by atoms with Gasteiger partial charge >= 0.3 is 0 Å². The molecule has 0 unspecified atom stereocenters. The fraction of sp³-hybridized carbons (Fsp3) is 0.182. The average molecular weight is 250 g/mol. The number of hydrogen-bond acceptors (Lipinski definition) is 4. The topological polar surface area (TPSA) is 58.6 Å². The van der Waals surface area contributed by atoms with Gasteiger partial charge in [-0.1, -0.05) is 6.07 Å². The number of thiocarbonyl (C=S) groups is 1. The zero-order chi connectivity index (χ0) is 12.4. The quantitative estimate of drug-likeness (QED) is 0.624. The summed E-state index contributed by atoms with van der Waals surface area (Å²) in [6.45, 7) is 0. The van der Waals surface area contributed by atoms with Crippen LogP contribution in [-0.4, -0.2) is 24.0 Å². The lowest BCUT2D eigenvalue weighted by Gasteiger charge is -2.27.